The Bertz CT molecular complexity index is 1260. The summed E-state index contributed by atoms with van der Waals surface area (Å²) in [6, 6.07) is 23.2. The van der Waals surface area contributed by atoms with E-state index >= 15 is 0 Å². The lowest BCUT2D eigenvalue weighted by atomic mass is 9.98. The highest BCUT2D eigenvalue weighted by Gasteiger charge is 2.12. The lowest BCUT2D eigenvalue weighted by Gasteiger charge is -2.13. The van der Waals surface area contributed by atoms with E-state index in [1.54, 1.807) is 6.08 Å². The minimum Gasteiger partial charge on any atom is -0.494 e. The molecule has 1 aromatic heterocycles. The maximum Gasteiger partial charge on any atom is 0.248 e. The molecule has 4 rings (SSSR count). The van der Waals surface area contributed by atoms with E-state index in [1.807, 2.05) is 72.8 Å². The lowest BCUT2D eigenvalue weighted by Crippen LogP contribution is -2.04. The molecular formula is C32H36N2O3. The predicted octanol–water partition coefficient (Wildman–Crippen LogP) is 9.07. The Kier molecular flexibility index (Phi) is 9.14. The molecule has 0 aliphatic carbocycles. The standard InChI is InChI=1S/C32H36N2O3/c1-5-25-11-6-7-12-30(25)36-29-19-15-27(16-20-29)32-34-33-31(37-32)26-13-17-28(18-14-26)35-22-21-24(4)10-8-9-23(2)3/h5-7,11-20,23-24H,1,8-10,21-22H2,2-4H3. The van der Waals surface area contributed by atoms with E-state index in [0.29, 0.717) is 17.7 Å². The van der Waals surface area contributed by atoms with Crippen molar-refractivity contribution >= 4 is 6.08 Å². The first-order chi connectivity index (χ1) is 18.0. The predicted molar refractivity (Wildman–Crippen MR) is 150 cm³/mol. The van der Waals surface area contributed by atoms with Gasteiger partial charge in [-0.05, 0) is 72.9 Å². The van der Waals surface area contributed by atoms with Gasteiger partial charge in [0.05, 0.1) is 6.61 Å². The first-order valence-electron chi connectivity index (χ1n) is 13.1. The van der Waals surface area contributed by atoms with Crippen LogP contribution >= 0.6 is 0 Å². The average molecular weight is 497 g/mol. The Morgan fingerprint density at radius 3 is 2.03 bits per heavy atom. The highest BCUT2D eigenvalue weighted by Crippen LogP contribution is 2.30. The Morgan fingerprint density at radius 2 is 1.41 bits per heavy atom. The Morgan fingerprint density at radius 1 is 0.784 bits per heavy atom. The van der Waals surface area contributed by atoms with E-state index in [4.69, 9.17) is 13.9 Å². The third-order valence-electron chi connectivity index (χ3n) is 6.35. The monoisotopic (exact) mass is 496 g/mol. The van der Waals surface area contributed by atoms with Crippen molar-refractivity contribution in [2.75, 3.05) is 6.61 Å². The van der Waals surface area contributed by atoms with E-state index in [1.165, 1.54) is 19.3 Å². The van der Waals surface area contributed by atoms with Gasteiger partial charge in [0.15, 0.2) is 0 Å². The highest BCUT2D eigenvalue weighted by molar-refractivity contribution is 5.60. The van der Waals surface area contributed by atoms with Gasteiger partial charge in [0, 0.05) is 16.7 Å². The van der Waals surface area contributed by atoms with Crippen molar-refractivity contribution in [3.05, 3.63) is 84.9 Å². The number of hydrogen-bond acceptors (Lipinski definition) is 5. The van der Waals surface area contributed by atoms with Crippen LogP contribution in [0.2, 0.25) is 0 Å². The lowest BCUT2D eigenvalue weighted by molar-refractivity contribution is 0.276. The van der Waals surface area contributed by atoms with Gasteiger partial charge >= 0.3 is 0 Å². The van der Waals surface area contributed by atoms with Crippen LogP contribution in [0.4, 0.5) is 0 Å². The molecule has 0 radical (unpaired) electrons. The molecule has 1 heterocycles. The van der Waals surface area contributed by atoms with Gasteiger partial charge in [-0.3, -0.25) is 0 Å². The van der Waals surface area contributed by atoms with Gasteiger partial charge in [-0.25, -0.2) is 0 Å². The van der Waals surface area contributed by atoms with E-state index in [0.717, 1.165) is 52.9 Å². The maximum atomic E-state index is 5.99. The van der Waals surface area contributed by atoms with Crippen molar-refractivity contribution in [2.24, 2.45) is 11.8 Å². The maximum absolute atomic E-state index is 5.99. The minimum atomic E-state index is 0.458. The summed E-state index contributed by atoms with van der Waals surface area (Å²) in [6.45, 7) is 11.4. The van der Waals surface area contributed by atoms with Crippen LogP contribution in [-0.4, -0.2) is 16.8 Å². The Hall–Kier alpha value is -3.86. The third kappa shape index (κ3) is 7.56. The Labute approximate surface area is 220 Å². The molecule has 0 aliphatic heterocycles. The van der Waals surface area contributed by atoms with Gasteiger partial charge in [0.1, 0.15) is 17.2 Å². The molecule has 4 aromatic rings. The topological polar surface area (TPSA) is 57.4 Å². The second kappa shape index (κ2) is 12.9. The second-order valence-electron chi connectivity index (χ2n) is 9.87. The summed E-state index contributed by atoms with van der Waals surface area (Å²) in [5.74, 6) is 4.72. The first kappa shape index (κ1) is 26.2. The minimum absolute atomic E-state index is 0.458. The van der Waals surface area contributed by atoms with E-state index in [2.05, 4.69) is 37.5 Å². The molecule has 37 heavy (non-hydrogen) atoms. The quantitative estimate of drug-likeness (QED) is 0.185. The molecule has 5 heteroatoms. The fourth-order valence-electron chi connectivity index (χ4n) is 4.08. The van der Waals surface area contributed by atoms with Crippen LogP contribution in [0, 0.1) is 11.8 Å². The zero-order chi connectivity index (χ0) is 26.0. The summed E-state index contributed by atoms with van der Waals surface area (Å²) in [5, 5.41) is 8.46. The zero-order valence-corrected chi connectivity index (χ0v) is 22.0. The third-order valence-corrected chi connectivity index (χ3v) is 6.35. The summed E-state index contributed by atoms with van der Waals surface area (Å²) in [5.41, 5.74) is 2.62. The van der Waals surface area contributed by atoms with Crippen molar-refractivity contribution in [3.8, 4) is 40.2 Å². The van der Waals surface area contributed by atoms with Gasteiger partial charge in [-0.2, -0.15) is 0 Å². The average Bonchev–Trinajstić information content (AvgIpc) is 3.40. The van der Waals surface area contributed by atoms with Gasteiger partial charge in [0.2, 0.25) is 11.8 Å². The van der Waals surface area contributed by atoms with Crippen molar-refractivity contribution < 1.29 is 13.9 Å². The number of para-hydroxylation sites is 1. The van der Waals surface area contributed by atoms with Crippen molar-refractivity contribution in [1.82, 2.24) is 10.2 Å². The van der Waals surface area contributed by atoms with Crippen molar-refractivity contribution in [2.45, 2.75) is 46.5 Å². The molecule has 0 amide bonds. The van der Waals surface area contributed by atoms with Crippen LogP contribution in [-0.2, 0) is 0 Å². The smallest absolute Gasteiger partial charge is 0.248 e. The molecule has 192 valence electrons. The molecule has 1 atom stereocenters. The van der Waals surface area contributed by atoms with Crippen molar-refractivity contribution in [3.63, 3.8) is 0 Å². The molecule has 0 saturated heterocycles. The fraction of sp³-hybridized carbons (Fsp3) is 0.312. The summed E-state index contributed by atoms with van der Waals surface area (Å²) in [7, 11) is 0. The first-order valence-corrected chi connectivity index (χ1v) is 13.1. The van der Waals surface area contributed by atoms with Gasteiger partial charge in [0.25, 0.3) is 0 Å². The molecule has 1 unspecified atom stereocenters. The number of hydrogen-bond donors (Lipinski definition) is 0. The molecule has 0 spiro atoms. The van der Waals surface area contributed by atoms with Gasteiger partial charge in [-0.15, -0.1) is 10.2 Å². The molecule has 0 aliphatic rings. The number of aromatic nitrogens is 2. The molecule has 0 fully saturated rings. The normalized spacial score (nSPS) is 11.9. The number of rotatable bonds is 13. The summed E-state index contributed by atoms with van der Waals surface area (Å²) >= 11 is 0. The zero-order valence-electron chi connectivity index (χ0n) is 22.0. The summed E-state index contributed by atoms with van der Waals surface area (Å²) in [4.78, 5) is 0. The number of ether oxygens (including phenoxy) is 2. The molecule has 0 saturated carbocycles. The highest BCUT2D eigenvalue weighted by atomic mass is 16.5. The van der Waals surface area contributed by atoms with Crippen LogP contribution in [0.3, 0.4) is 0 Å². The van der Waals surface area contributed by atoms with E-state index in [-0.39, 0.29) is 0 Å². The van der Waals surface area contributed by atoms with Crippen molar-refractivity contribution in [1.29, 1.82) is 0 Å². The fourth-order valence-corrected chi connectivity index (χ4v) is 4.08. The van der Waals surface area contributed by atoms with Gasteiger partial charge in [-0.1, -0.05) is 70.9 Å². The molecular weight excluding hydrogens is 460 g/mol. The Balaban J connectivity index is 1.30. The van der Waals surface area contributed by atoms with Crippen LogP contribution in [0.1, 0.15) is 52.0 Å². The molecule has 3 aromatic carbocycles. The van der Waals surface area contributed by atoms with Crippen LogP contribution in [0.25, 0.3) is 29.0 Å². The SMILES string of the molecule is C=Cc1ccccc1Oc1ccc(-c2nnc(-c3ccc(OCCC(C)CCCC(C)C)cc3)o2)cc1. The van der Waals surface area contributed by atoms with Gasteiger partial charge < -0.3 is 13.9 Å². The van der Waals surface area contributed by atoms with Crippen LogP contribution in [0.15, 0.2) is 83.8 Å². The van der Waals surface area contributed by atoms with E-state index in [9.17, 15) is 0 Å². The number of nitrogens with zero attached hydrogens (tertiary/aromatic N) is 2. The van der Waals surface area contributed by atoms with E-state index < -0.39 is 0 Å². The van der Waals surface area contributed by atoms with Crippen LogP contribution < -0.4 is 9.47 Å². The van der Waals surface area contributed by atoms with Crippen LogP contribution in [0.5, 0.6) is 17.2 Å². The second-order valence-corrected chi connectivity index (χ2v) is 9.87. The molecule has 0 bridgehead atoms. The summed E-state index contributed by atoms with van der Waals surface area (Å²) < 4.78 is 17.9. The number of benzene rings is 3. The summed E-state index contributed by atoms with van der Waals surface area (Å²) in [6.07, 6.45) is 6.70. The largest absolute Gasteiger partial charge is 0.494 e. The molecule has 5 nitrogen and oxygen atoms in total. The molecule has 0 N–H and O–H groups in total.